The van der Waals surface area contributed by atoms with Crippen LogP contribution in [0.3, 0.4) is 0 Å². The van der Waals surface area contributed by atoms with Crippen molar-refractivity contribution in [3.05, 3.63) is 64.7 Å². The molecule has 0 fully saturated rings. The van der Waals surface area contributed by atoms with Crippen molar-refractivity contribution in [2.75, 3.05) is 7.11 Å². The highest BCUT2D eigenvalue weighted by Gasteiger charge is 2.10. The molecule has 0 aromatic heterocycles. The average Bonchev–Trinajstić information content (AvgIpc) is 2.54. The largest absolute Gasteiger partial charge is 0.489 e. The molecular weight excluding hydrogens is 278 g/mol. The van der Waals surface area contributed by atoms with E-state index in [1.54, 1.807) is 0 Å². The van der Waals surface area contributed by atoms with Gasteiger partial charge in [-0.25, -0.2) is 0 Å². The number of hydrogen-bond donors (Lipinski definition) is 0. The van der Waals surface area contributed by atoms with Gasteiger partial charge in [-0.05, 0) is 36.6 Å². The Hall–Kier alpha value is -2.62. The third-order valence-corrected chi connectivity index (χ3v) is 3.32. The number of ether oxygens (including phenoxy) is 1. The predicted molar refractivity (Wildman–Crippen MR) is 86.3 cm³/mol. The van der Waals surface area contributed by atoms with E-state index >= 15 is 0 Å². The van der Waals surface area contributed by atoms with Gasteiger partial charge in [0.05, 0.1) is 0 Å². The molecule has 0 amide bonds. The van der Waals surface area contributed by atoms with E-state index in [4.69, 9.17) is 9.57 Å². The maximum absolute atomic E-state index is 11.2. The van der Waals surface area contributed by atoms with Crippen molar-refractivity contribution in [1.29, 1.82) is 0 Å². The van der Waals surface area contributed by atoms with E-state index in [0.717, 1.165) is 22.4 Å². The van der Waals surface area contributed by atoms with Gasteiger partial charge in [0.15, 0.2) is 6.29 Å². The Bertz CT molecular complexity index is 692. The normalized spacial score (nSPS) is 11.1. The molecule has 4 nitrogen and oxygen atoms in total. The van der Waals surface area contributed by atoms with Crippen molar-refractivity contribution in [3.63, 3.8) is 0 Å². The summed E-state index contributed by atoms with van der Waals surface area (Å²) in [5.41, 5.74) is 4.06. The van der Waals surface area contributed by atoms with E-state index in [9.17, 15) is 4.79 Å². The fraction of sp³-hybridized carbons (Fsp3) is 0.222. The van der Waals surface area contributed by atoms with Crippen LogP contribution < -0.4 is 4.74 Å². The van der Waals surface area contributed by atoms with Crippen molar-refractivity contribution < 1.29 is 14.4 Å². The molecule has 0 saturated heterocycles. The minimum Gasteiger partial charge on any atom is -0.489 e. The van der Waals surface area contributed by atoms with Crippen LogP contribution in [-0.2, 0) is 16.2 Å². The van der Waals surface area contributed by atoms with Gasteiger partial charge in [0, 0.05) is 5.56 Å². The zero-order chi connectivity index (χ0) is 15.9. The van der Waals surface area contributed by atoms with Gasteiger partial charge in [0.1, 0.15) is 25.2 Å². The number of hydrogen-bond acceptors (Lipinski definition) is 4. The van der Waals surface area contributed by atoms with Gasteiger partial charge in [0.2, 0.25) is 0 Å². The lowest BCUT2D eigenvalue weighted by Gasteiger charge is -2.12. The number of aryl methyl sites for hydroxylation is 2. The lowest BCUT2D eigenvalue weighted by molar-refractivity contribution is -0.102. The first-order valence-corrected chi connectivity index (χ1v) is 7.00. The van der Waals surface area contributed by atoms with Gasteiger partial charge in [-0.3, -0.25) is 4.79 Å². The molecule has 2 aromatic rings. The summed E-state index contributed by atoms with van der Waals surface area (Å²) in [5.74, 6) is 0.839. The smallest absolute Gasteiger partial charge is 0.172 e. The number of oxime groups is 1. The summed E-state index contributed by atoms with van der Waals surface area (Å²) in [5, 5.41) is 3.75. The van der Waals surface area contributed by atoms with Crippen LogP contribution in [0.15, 0.2) is 47.6 Å². The molecule has 2 aromatic carbocycles. The molecular formula is C18H19NO3. The predicted octanol–water partition coefficient (Wildman–Crippen LogP) is 3.43. The Morgan fingerprint density at radius 2 is 1.95 bits per heavy atom. The van der Waals surface area contributed by atoms with Crippen LogP contribution >= 0.6 is 0 Å². The molecule has 0 bridgehead atoms. The van der Waals surface area contributed by atoms with Crippen LogP contribution in [-0.4, -0.2) is 19.1 Å². The zero-order valence-corrected chi connectivity index (χ0v) is 13.0. The van der Waals surface area contributed by atoms with Crippen LogP contribution in [0.5, 0.6) is 5.75 Å². The summed E-state index contributed by atoms with van der Waals surface area (Å²) in [4.78, 5) is 15.9. The molecule has 0 aliphatic heterocycles. The highest BCUT2D eigenvalue weighted by Crippen LogP contribution is 2.21. The first-order chi connectivity index (χ1) is 10.7. The molecule has 4 heteroatoms. The monoisotopic (exact) mass is 297 g/mol. The highest BCUT2D eigenvalue weighted by molar-refractivity contribution is 6.36. The van der Waals surface area contributed by atoms with Crippen LogP contribution in [0.2, 0.25) is 0 Å². The Morgan fingerprint density at radius 1 is 1.18 bits per heavy atom. The number of carbonyl (C=O) groups excluding carboxylic acids is 1. The average molecular weight is 297 g/mol. The summed E-state index contributed by atoms with van der Waals surface area (Å²) in [6.45, 7) is 4.39. The number of nitrogens with zero attached hydrogens (tertiary/aromatic N) is 1. The Morgan fingerprint density at radius 3 is 2.68 bits per heavy atom. The van der Waals surface area contributed by atoms with E-state index in [1.165, 1.54) is 7.11 Å². The Labute approximate surface area is 130 Å². The molecule has 0 N–H and O–H groups in total. The second-order valence-corrected chi connectivity index (χ2v) is 4.99. The zero-order valence-electron chi connectivity index (χ0n) is 13.0. The minimum atomic E-state index is 0.252. The first kappa shape index (κ1) is 15.8. The maximum atomic E-state index is 11.2. The first-order valence-electron chi connectivity index (χ1n) is 7.00. The maximum Gasteiger partial charge on any atom is 0.172 e. The molecule has 114 valence electrons. The van der Waals surface area contributed by atoms with Crippen LogP contribution in [0.1, 0.15) is 22.3 Å². The van der Waals surface area contributed by atoms with Gasteiger partial charge in [0.25, 0.3) is 0 Å². The fourth-order valence-corrected chi connectivity index (χ4v) is 2.15. The van der Waals surface area contributed by atoms with E-state index in [0.29, 0.717) is 18.5 Å². The van der Waals surface area contributed by atoms with Gasteiger partial charge in [-0.1, -0.05) is 41.6 Å². The standard InChI is InChI=1S/C18H19NO3/c1-13-8-9-14(2)18(10-13)22-12-15-6-4-5-7-16(15)17(11-20)19-21-3/h4-11H,12H2,1-3H3. The SMILES string of the molecule is CON=C(C=O)c1ccccc1COc1cc(C)ccc1C. The summed E-state index contributed by atoms with van der Waals surface area (Å²) in [6, 6.07) is 13.6. The molecule has 2 rings (SSSR count). The second-order valence-electron chi connectivity index (χ2n) is 4.99. The minimum absolute atomic E-state index is 0.252. The second kappa shape index (κ2) is 7.41. The highest BCUT2D eigenvalue weighted by atomic mass is 16.6. The van der Waals surface area contributed by atoms with E-state index in [-0.39, 0.29) is 5.71 Å². The van der Waals surface area contributed by atoms with Gasteiger partial charge in [-0.15, -0.1) is 0 Å². The van der Waals surface area contributed by atoms with E-state index < -0.39 is 0 Å². The summed E-state index contributed by atoms with van der Waals surface area (Å²) in [7, 11) is 1.42. The molecule has 0 aliphatic carbocycles. The van der Waals surface area contributed by atoms with E-state index in [1.807, 2.05) is 56.3 Å². The third-order valence-electron chi connectivity index (χ3n) is 3.32. The molecule has 0 aliphatic rings. The third kappa shape index (κ3) is 3.73. The summed E-state index contributed by atoms with van der Waals surface area (Å²) >= 11 is 0. The van der Waals surface area contributed by atoms with Crippen LogP contribution in [0.4, 0.5) is 0 Å². The number of aldehydes is 1. The summed E-state index contributed by atoms with van der Waals surface area (Å²) < 4.78 is 5.91. The van der Waals surface area contributed by atoms with Crippen molar-refractivity contribution in [1.82, 2.24) is 0 Å². The van der Waals surface area contributed by atoms with Gasteiger partial charge in [-0.2, -0.15) is 0 Å². The number of rotatable bonds is 6. The van der Waals surface area contributed by atoms with Crippen molar-refractivity contribution >= 4 is 12.0 Å². The molecule has 22 heavy (non-hydrogen) atoms. The Balaban J connectivity index is 2.25. The molecule has 0 radical (unpaired) electrons. The van der Waals surface area contributed by atoms with Gasteiger partial charge >= 0.3 is 0 Å². The van der Waals surface area contributed by atoms with Crippen LogP contribution in [0, 0.1) is 13.8 Å². The molecule has 0 saturated carbocycles. The lowest BCUT2D eigenvalue weighted by Crippen LogP contribution is -2.09. The van der Waals surface area contributed by atoms with E-state index in [2.05, 4.69) is 5.16 Å². The quantitative estimate of drug-likeness (QED) is 0.466. The number of benzene rings is 2. The molecule has 0 spiro atoms. The van der Waals surface area contributed by atoms with Crippen molar-refractivity contribution in [2.24, 2.45) is 5.16 Å². The van der Waals surface area contributed by atoms with Crippen molar-refractivity contribution in [3.8, 4) is 5.75 Å². The van der Waals surface area contributed by atoms with Gasteiger partial charge < -0.3 is 9.57 Å². The molecule has 0 heterocycles. The Kier molecular flexibility index (Phi) is 5.31. The lowest BCUT2D eigenvalue weighted by atomic mass is 10.0. The molecule has 0 unspecified atom stereocenters. The summed E-state index contributed by atoms with van der Waals surface area (Å²) in [6.07, 6.45) is 0.681. The van der Waals surface area contributed by atoms with Crippen LogP contribution in [0.25, 0.3) is 0 Å². The number of carbonyl (C=O) groups is 1. The fourth-order valence-electron chi connectivity index (χ4n) is 2.15. The topological polar surface area (TPSA) is 47.9 Å². The van der Waals surface area contributed by atoms with Crippen molar-refractivity contribution in [2.45, 2.75) is 20.5 Å². The molecule has 0 atom stereocenters.